The average molecular weight is 311 g/mol. The molecular formula is C15H21NO4S. The Labute approximate surface area is 126 Å². The van der Waals surface area contributed by atoms with Crippen molar-refractivity contribution in [1.82, 2.24) is 4.90 Å². The van der Waals surface area contributed by atoms with Crippen molar-refractivity contribution < 1.29 is 18.3 Å². The van der Waals surface area contributed by atoms with E-state index in [0.717, 1.165) is 5.56 Å². The van der Waals surface area contributed by atoms with Crippen molar-refractivity contribution in [3.8, 4) is 17.6 Å². The minimum atomic E-state index is -2.93. The van der Waals surface area contributed by atoms with Gasteiger partial charge in [-0.15, -0.1) is 0 Å². The van der Waals surface area contributed by atoms with Gasteiger partial charge in [0, 0.05) is 24.9 Å². The van der Waals surface area contributed by atoms with E-state index in [1.807, 2.05) is 30.1 Å². The molecule has 116 valence electrons. The second-order valence-electron chi connectivity index (χ2n) is 4.77. The molecule has 0 heterocycles. The standard InChI is InChI=1S/C15H21NO4S/c1-16(9-12-21(2,18)19)8-11-20-15-7-3-5-14(13-15)6-4-10-17/h3,5,7,13,17H,8-12H2,1-2H3. The first kappa shape index (κ1) is 17.5. The quantitative estimate of drug-likeness (QED) is 0.738. The number of hydrogen-bond donors (Lipinski definition) is 1. The van der Waals surface area contributed by atoms with Crippen LogP contribution in [-0.4, -0.2) is 63.8 Å². The summed E-state index contributed by atoms with van der Waals surface area (Å²) in [4.78, 5) is 1.91. The molecule has 0 unspecified atom stereocenters. The van der Waals surface area contributed by atoms with E-state index < -0.39 is 9.84 Å². The third kappa shape index (κ3) is 8.35. The second kappa shape index (κ2) is 8.67. The second-order valence-corrected chi connectivity index (χ2v) is 7.03. The Morgan fingerprint density at radius 3 is 2.76 bits per heavy atom. The Bertz CT molecular complexity index is 602. The minimum absolute atomic E-state index is 0.149. The summed E-state index contributed by atoms with van der Waals surface area (Å²) in [6.07, 6.45) is 1.23. The zero-order valence-corrected chi connectivity index (χ0v) is 13.2. The summed E-state index contributed by atoms with van der Waals surface area (Å²) < 4.78 is 27.7. The zero-order chi connectivity index (χ0) is 15.7. The predicted molar refractivity (Wildman–Crippen MR) is 83.1 cm³/mol. The molecule has 0 aliphatic rings. The minimum Gasteiger partial charge on any atom is -0.492 e. The van der Waals surface area contributed by atoms with E-state index in [9.17, 15) is 8.42 Å². The van der Waals surface area contributed by atoms with E-state index in [0.29, 0.717) is 25.4 Å². The van der Waals surface area contributed by atoms with Gasteiger partial charge in [0.15, 0.2) is 0 Å². The van der Waals surface area contributed by atoms with Crippen molar-refractivity contribution in [1.29, 1.82) is 0 Å². The SMILES string of the molecule is CN(CCOc1cccc(C#CCO)c1)CCS(C)(=O)=O. The van der Waals surface area contributed by atoms with Crippen LogP contribution in [0, 0.1) is 11.8 Å². The Kier molecular flexibility index (Phi) is 7.23. The van der Waals surface area contributed by atoms with Crippen LogP contribution in [0.15, 0.2) is 24.3 Å². The molecule has 1 aromatic carbocycles. The average Bonchev–Trinajstić information content (AvgIpc) is 2.43. The topological polar surface area (TPSA) is 66.8 Å². The molecule has 1 N–H and O–H groups in total. The van der Waals surface area contributed by atoms with Crippen LogP contribution in [0.25, 0.3) is 0 Å². The highest BCUT2D eigenvalue weighted by Gasteiger charge is 2.05. The summed E-state index contributed by atoms with van der Waals surface area (Å²) in [6.45, 7) is 1.43. The highest BCUT2D eigenvalue weighted by molar-refractivity contribution is 7.90. The lowest BCUT2D eigenvalue weighted by Crippen LogP contribution is -2.29. The number of likely N-dealkylation sites (N-methyl/N-ethyl adjacent to an activating group) is 1. The molecule has 21 heavy (non-hydrogen) atoms. The van der Waals surface area contributed by atoms with Gasteiger partial charge in [-0.1, -0.05) is 17.9 Å². The first-order chi connectivity index (χ1) is 9.90. The lowest BCUT2D eigenvalue weighted by molar-refractivity contribution is 0.244. The highest BCUT2D eigenvalue weighted by atomic mass is 32.2. The van der Waals surface area contributed by atoms with Crippen molar-refractivity contribution in [3.63, 3.8) is 0 Å². The summed E-state index contributed by atoms with van der Waals surface area (Å²) in [5.74, 6) is 6.25. The molecule has 0 saturated heterocycles. The molecule has 0 amide bonds. The van der Waals surface area contributed by atoms with Crippen LogP contribution >= 0.6 is 0 Å². The van der Waals surface area contributed by atoms with Gasteiger partial charge in [-0.25, -0.2) is 8.42 Å². The molecule has 0 spiro atoms. The van der Waals surface area contributed by atoms with Crippen molar-refractivity contribution in [3.05, 3.63) is 29.8 Å². The monoisotopic (exact) mass is 311 g/mol. The highest BCUT2D eigenvalue weighted by Crippen LogP contribution is 2.12. The smallest absolute Gasteiger partial charge is 0.148 e. The number of benzene rings is 1. The van der Waals surface area contributed by atoms with E-state index in [4.69, 9.17) is 9.84 Å². The van der Waals surface area contributed by atoms with E-state index in [-0.39, 0.29) is 12.4 Å². The molecule has 5 nitrogen and oxygen atoms in total. The van der Waals surface area contributed by atoms with Gasteiger partial charge in [-0.05, 0) is 25.2 Å². The molecule has 0 aliphatic heterocycles. The summed E-state index contributed by atoms with van der Waals surface area (Å²) in [5.41, 5.74) is 0.784. The number of nitrogens with zero attached hydrogens (tertiary/aromatic N) is 1. The van der Waals surface area contributed by atoms with Crippen LogP contribution in [0.1, 0.15) is 5.56 Å². The summed E-state index contributed by atoms with van der Waals surface area (Å²) in [5, 5.41) is 8.65. The van der Waals surface area contributed by atoms with E-state index in [1.54, 1.807) is 6.07 Å². The van der Waals surface area contributed by atoms with Crippen LogP contribution in [0.3, 0.4) is 0 Å². The van der Waals surface area contributed by atoms with Crippen molar-refractivity contribution >= 4 is 9.84 Å². The van der Waals surface area contributed by atoms with Gasteiger partial charge in [0.05, 0.1) is 5.75 Å². The van der Waals surface area contributed by atoms with Gasteiger partial charge < -0.3 is 14.7 Å². The van der Waals surface area contributed by atoms with Crippen molar-refractivity contribution in [2.24, 2.45) is 0 Å². The summed E-state index contributed by atoms with van der Waals surface area (Å²) >= 11 is 0. The Morgan fingerprint density at radius 2 is 2.10 bits per heavy atom. The van der Waals surface area contributed by atoms with Crippen molar-refractivity contribution in [2.75, 3.05) is 45.4 Å². The van der Waals surface area contributed by atoms with E-state index >= 15 is 0 Å². The molecule has 0 aromatic heterocycles. The maximum atomic E-state index is 11.1. The molecule has 0 bridgehead atoms. The van der Waals surface area contributed by atoms with Crippen molar-refractivity contribution in [2.45, 2.75) is 0 Å². The van der Waals surface area contributed by atoms with Gasteiger partial charge in [0.1, 0.15) is 28.8 Å². The number of rotatable bonds is 7. The van der Waals surface area contributed by atoms with Gasteiger partial charge >= 0.3 is 0 Å². The zero-order valence-electron chi connectivity index (χ0n) is 12.4. The number of ether oxygens (including phenoxy) is 1. The van der Waals surface area contributed by atoms with Crippen LogP contribution in [0.2, 0.25) is 0 Å². The molecule has 1 rings (SSSR count). The summed E-state index contributed by atoms with van der Waals surface area (Å²) in [6, 6.07) is 7.32. The maximum absolute atomic E-state index is 11.1. The first-order valence-corrected chi connectivity index (χ1v) is 8.65. The van der Waals surface area contributed by atoms with Gasteiger partial charge in [-0.2, -0.15) is 0 Å². The molecule has 1 aromatic rings. The molecular weight excluding hydrogens is 290 g/mol. The number of hydrogen-bond acceptors (Lipinski definition) is 5. The normalized spacial score (nSPS) is 11.0. The molecule has 0 radical (unpaired) electrons. The first-order valence-electron chi connectivity index (χ1n) is 6.59. The summed E-state index contributed by atoms with van der Waals surface area (Å²) in [7, 11) is -1.07. The molecule has 0 aliphatic carbocycles. The van der Waals surface area contributed by atoms with Gasteiger partial charge in [-0.3, -0.25) is 0 Å². The van der Waals surface area contributed by atoms with Crippen LogP contribution in [0.5, 0.6) is 5.75 Å². The number of sulfone groups is 1. The van der Waals surface area contributed by atoms with E-state index in [2.05, 4.69) is 11.8 Å². The molecule has 0 fully saturated rings. The van der Waals surface area contributed by atoms with Gasteiger partial charge in [0.25, 0.3) is 0 Å². The van der Waals surface area contributed by atoms with E-state index in [1.165, 1.54) is 6.26 Å². The lowest BCUT2D eigenvalue weighted by atomic mass is 10.2. The molecule has 6 heteroatoms. The fourth-order valence-corrected chi connectivity index (χ4v) is 2.20. The Hall–Kier alpha value is -1.55. The number of aliphatic hydroxyl groups excluding tert-OH is 1. The molecule has 0 saturated carbocycles. The van der Waals surface area contributed by atoms with Crippen LogP contribution in [0.4, 0.5) is 0 Å². The Morgan fingerprint density at radius 1 is 1.33 bits per heavy atom. The van der Waals surface area contributed by atoms with Gasteiger partial charge in [0.2, 0.25) is 0 Å². The van der Waals surface area contributed by atoms with Crippen LogP contribution < -0.4 is 4.74 Å². The third-order valence-corrected chi connectivity index (χ3v) is 3.66. The number of aliphatic hydroxyl groups is 1. The largest absolute Gasteiger partial charge is 0.492 e. The molecule has 0 atom stereocenters. The predicted octanol–water partition coefficient (Wildman–Crippen LogP) is 0.386. The maximum Gasteiger partial charge on any atom is 0.148 e. The lowest BCUT2D eigenvalue weighted by Gasteiger charge is -2.16. The fourth-order valence-electron chi connectivity index (χ4n) is 1.56. The van der Waals surface area contributed by atoms with Crippen LogP contribution in [-0.2, 0) is 9.84 Å². The fraction of sp³-hybridized carbons (Fsp3) is 0.467. The Balaban J connectivity index is 2.38. The third-order valence-electron chi connectivity index (χ3n) is 2.73.